The van der Waals surface area contributed by atoms with Gasteiger partial charge < -0.3 is 10.1 Å². The van der Waals surface area contributed by atoms with Crippen molar-refractivity contribution in [2.24, 2.45) is 0 Å². The van der Waals surface area contributed by atoms with Crippen LogP contribution < -0.4 is 10.1 Å². The highest BCUT2D eigenvalue weighted by molar-refractivity contribution is 5.85. The second kappa shape index (κ2) is 4.34. The molecule has 1 aromatic rings. The van der Waals surface area contributed by atoms with Crippen LogP contribution in [0.3, 0.4) is 0 Å². The lowest BCUT2D eigenvalue weighted by Gasteiger charge is -2.26. The Morgan fingerprint density at radius 1 is 1.53 bits per heavy atom. The van der Waals surface area contributed by atoms with Gasteiger partial charge >= 0.3 is 0 Å². The molecule has 1 atom stereocenters. The van der Waals surface area contributed by atoms with Crippen LogP contribution in [0.5, 0.6) is 5.75 Å². The Balaban J connectivity index is 2.08. The quantitative estimate of drug-likeness (QED) is 0.822. The largest absolute Gasteiger partial charge is 0.479 e. The number of hydrogen-bond donors (Lipinski definition) is 1. The number of fused-ring (bicyclic) bond motifs is 1. The molecule has 1 unspecified atom stereocenters. The fourth-order valence-corrected chi connectivity index (χ4v) is 1.70. The SMILES string of the molecule is CCCC(=O)C1CNc2ccccc2O1. The summed E-state index contributed by atoms with van der Waals surface area (Å²) in [6.07, 6.45) is 1.15. The van der Waals surface area contributed by atoms with Crippen LogP contribution in [0.1, 0.15) is 19.8 Å². The Kier molecular flexibility index (Phi) is 2.90. The van der Waals surface area contributed by atoms with Crippen molar-refractivity contribution in [2.45, 2.75) is 25.9 Å². The van der Waals surface area contributed by atoms with Gasteiger partial charge in [-0.15, -0.1) is 0 Å². The van der Waals surface area contributed by atoms with Gasteiger partial charge in [-0.25, -0.2) is 0 Å². The standard InChI is InChI=1S/C12H15NO2/c1-2-5-10(14)12-8-13-9-6-3-4-7-11(9)15-12/h3-4,6-7,12-13H,2,5,8H2,1H3. The molecular formula is C12H15NO2. The van der Waals surface area contributed by atoms with Gasteiger partial charge in [-0.3, -0.25) is 4.79 Å². The molecule has 1 heterocycles. The summed E-state index contributed by atoms with van der Waals surface area (Å²) in [4.78, 5) is 11.6. The van der Waals surface area contributed by atoms with Gasteiger partial charge in [0.15, 0.2) is 11.9 Å². The van der Waals surface area contributed by atoms with E-state index in [-0.39, 0.29) is 11.9 Å². The minimum Gasteiger partial charge on any atom is -0.479 e. The fourth-order valence-electron chi connectivity index (χ4n) is 1.70. The number of anilines is 1. The average Bonchev–Trinajstić information content (AvgIpc) is 2.29. The van der Waals surface area contributed by atoms with E-state index in [1.165, 1.54) is 0 Å². The predicted octanol–water partition coefficient (Wildman–Crippen LogP) is 2.23. The van der Waals surface area contributed by atoms with E-state index in [9.17, 15) is 4.79 Å². The van der Waals surface area contributed by atoms with E-state index in [0.717, 1.165) is 17.9 Å². The first-order chi connectivity index (χ1) is 7.31. The highest BCUT2D eigenvalue weighted by atomic mass is 16.5. The van der Waals surface area contributed by atoms with E-state index in [1.54, 1.807) is 0 Å². The monoisotopic (exact) mass is 205 g/mol. The van der Waals surface area contributed by atoms with Crippen LogP contribution in [0.2, 0.25) is 0 Å². The van der Waals surface area contributed by atoms with Crippen molar-refractivity contribution in [3.05, 3.63) is 24.3 Å². The van der Waals surface area contributed by atoms with Crippen molar-refractivity contribution >= 4 is 11.5 Å². The number of carbonyl (C=O) groups excluding carboxylic acids is 1. The molecule has 15 heavy (non-hydrogen) atoms. The Hall–Kier alpha value is -1.51. The lowest BCUT2D eigenvalue weighted by Crippen LogP contribution is -2.37. The molecule has 2 rings (SSSR count). The van der Waals surface area contributed by atoms with Crippen molar-refractivity contribution in [1.82, 2.24) is 0 Å². The molecule has 0 radical (unpaired) electrons. The van der Waals surface area contributed by atoms with Crippen molar-refractivity contribution in [2.75, 3.05) is 11.9 Å². The third-order valence-corrected chi connectivity index (χ3v) is 2.49. The van der Waals surface area contributed by atoms with E-state index in [0.29, 0.717) is 13.0 Å². The smallest absolute Gasteiger partial charge is 0.175 e. The fraction of sp³-hybridized carbons (Fsp3) is 0.417. The van der Waals surface area contributed by atoms with Crippen LogP contribution in [0, 0.1) is 0 Å². The minimum absolute atomic E-state index is 0.180. The maximum Gasteiger partial charge on any atom is 0.175 e. The second-order valence-electron chi connectivity index (χ2n) is 3.70. The summed E-state index contributed by atoms with van der Waals surface area (Å²) in [7, 11) is 0. The van der Waals surface area contributed by atoms with E-state index >= 15 is 0 Å². The molecule has 0 saturated carbocycles. The molecule has 1 aliphatic heterocycles. The summed E-state index contributed by atoms with van der Waals surface area (Å²) in [5.41, 5.74) is 0.970. The van der Waals surface area contributed by atoms with Gasteiger partial charge in [-0.2, -0.15) is 0 Å². The maximum absolute atomic E-state index is 11.6. The molecule has 0 fully saturated rings. The number of ether oxygens (including phenoxy) is 1. The first-order valence-electron chi connectivity index (χ1n) is 5.33. The van der Waals surface area contributed by atoms with Crippen LogP contribution in [0.4, 0.5) is 5.69 Å². The summed E-state index contributed by atoms with van der Waals surface area (Å²) in [6.45, 7) is 2.58. The average molecular weight is 205 g/mol. The van der Waals surface area contributed by atoms with Gasteiger partial charge in [-0.1, -0.05) is 19.1 Å². The van der Waals surface area contributed by atoms with Crippen LogP contribution in [-0.4, -0.2) is 18.4 Å². The van der Waals surface area contributed by atoms with Gasteiger partial charge in [0, 0.05) is 6.42 Å². The maximum atomic E-state index is 11.6. The third kappa shape index (κ3) is 2.12. The number of nitrogens with one attached hydrogen (secondary N) is 1. The molecule has 80 valence electrons. The van der Waals surface area contributed by atoms with Gasteiger partial charge in [0.1, 0.15) is 5.75 Å². The lowest BCUT2D eigenvalue weighted by atomic mass is 10.1. The van der Waals surface area contributed by atoms with Crippen molar-refractivity contribution in [1.29, 1.82) is 0 Å². The van der Waals surface area contributed by atoms with Crippen molar-refractivity contribution in [3.63, 3.8) is 0 Å². The van der Waals surface area contributed by atoms with Crippen molar-refractivity contribution in [3.8, 4) is 5.75 Å². The zero-order chi connectivity index (χ0) is 10.7. The molecule has 0 aromatic heterocycles. The zero-order valence-corrected chi connectivity index (χ0v) is 8.82. The summed E-state index contributed by atoms with van der Waals surface area (Å²) in [6, 6.07) is 7.69. The number of ketones is 1. The Labute approximate surface area is 89.4 Å². The molecule has 1 aliphatic rings. The topological polar surface area (TPSA) is 38.3 Å². The normalized spacial score (nSPS) is 18.6. The summed E-state index contributed by atoms with van der Waals surface area (Å²) in [5, 5.41) is 3.21. The Morgan fingerprint density at radius 2 is 2.33 bits per heavy atom. The van der Waals surface area contributed by atoms with Gasteiger partial charge in [0.2, 0.25) is 0 Å². The van der Waals surface area contributed by atoms with Crippen molar-refractivity contribution < 1.29 is 9.53 Å². The molecule has 0 amide bonds. The highest BCUT2D eigenvalue weighted by Crippen LogP contribution is 2.28. The number of carbonyl (C=O) groups is 1. The number of rotatable bonds is 3. The molecule has 1 N–H and O–H groups in total. The first-order valence-corrected chi connectivity index (χ1v) is 5.33. The Morgan fingerprint density at radius 3 is 3.13 bits per heavy atom. The number of para-hydroxylation sites is 2. The van der Waals surface area contributed by atoms with E-state index < -0.39 is 0 Å². The Bertz CT molecular complexity index is 362. The molecule has 3 heteroatoms. The van der Waals surface area contributed by atoms with Gasteiger partial charge in [0.05, 0.1) is 12.2 Å². The first kappa shape index (κ1) is 10.0. The van der Waals surface area contributed by atoms with Crippen LogP contribution in [-0.2, 0) is 4.79 Å². The van der Waals surface area contributed by atoms with Crippen LogP contribution in [0.15, 0.2) is 24.3 Å². The van der Waals surface area contributed by atoms with E-state index in [2.05, 4.69) is 5.32 Å². The number of benzene rings is 1. The summed E-state index contributed by atoms with van der Waals surface area (Å²) < 4.78 is 5.63. The summed E-state index contributed by atoms with van der Waals surface area (Å²) >= 11 is 0. The van der Waals surface area contributed by atoms with E-state index in [1.807, 2.05) is 31.2 Å². The molecule has 1 aromatic carbocycles. The van der Waals surface area contributed by atoms with Crippen LogP contribution >= 0.6 is 0 Å². The second-order valence-corrected chi connectivity index (χ2v) is 3.70. The zero-order valence-electron chi connectivity index (χ0n) is 8.82. The van der Waals surface area contributed by atoms with Gasteiger partial charge in [-0.05, 0) is 18.6 Å². The highest BCUT2D eigenvalue weighted by Gasteiger charge is 2.24. The third-order valence-electron chi connectivity index (χ3n) is 2.49. The molecule has 0 saturated heterocycles. The van der Waals surface area contributed by atoms with Gasteiger partial charge in [0.25, 0.3) is 0 Å². The minimum atomic E-state index is -0.320. The molecule has 0 spiro atoms. The molecular weight excluding hydrogens is 190 g/mol. The molecule has 3 nitrogen and oxygen atoms in total. The van der Waals surface area contributed by atoms with Crippen LogP contribution in [0.25, 0.3) is 0 Å². The molecule has 0 aliphatic carbocycles. The number of Topliss-reactive ketones (excluding diaryl/α,β-unsaturated/α-hetero) is 1. The number of hydrogen-bond acceptors (Lipinski definition) is 3. The molecule has 0 bridgehead atoms. The lowest BCUT2D eigenvalue weighted by molar-refractivity contribution is -0.125. The predicted molar refractivity (Wildman–Crippen MR) is 59.3 cm³/mol. The van der Waals surface area contributed by atoms with E-state index in [4.69, 9.17) is 4.74 Å². The summed E-state index contributed by atoms with van der Waals surface area (Å²) in [5.74, 6) is 0.956.